The lowest BCUT2D eigenvalue weighted by Gasteiger charge is -2.23. The maximum atomic E-state index is 13.0. The van der Waals surface area contributed by atoms with Crippen LogP contribution in [0.3, 0.4) is 0 Å². The first-order valence-electron chi connectivity index (χ1n) is 12.1. The summed E-state index contributed by atoms with van der Waals surface area (Å²) in [5, 5.41) is 9.39. The van der Waals surface area contributed by atoms with Crippen molar-refractivity contribution < 1.29 is 4.79 Å². The van der Waals surface area contributed by atoms with Crippen LogP contribution in [0, 0.1) is 5.92 Å². The molecule has 1 heterocycles. The van der Waals surface area contributed by atoms with E-state index in [4.69, 9.17) is 0 Å². The molecule has 0 bridgehead atoms. The van der Waals surface area contributed by atoms with Crippen molar-refractivity contribution in [3.05, 3.63) is 114 Å². The fourth-order valence-corrected chi connectivity index (χ4v) is 5.11. The van der Waals surface area contributed by atoms with E-state index >= 15 is 0 Å². The number of hydrogen-bond donors (Lipinski definition) is 2. The molecular weight excluding hydrogens is 454 g/mol. The number of urea groups is 1. The van der Waals surface area contributed by atoms with Gasteiger partial charge in [-0.3, -0.25) is 0 Å². The van der Waals surface area contributed by atoms with Crippen LogP contribution in [0.15, 0.2) is 103 Å². The fourth-order valence-electron chi connectivity index (χ4n) is 5.11. The number of para-hydroxylation sites is 1. The van der Waals surface area contributed by atoms with Gasteiger partial charge < -0.3 is 15.5 Å². The highest BCUT2D eigenvalue weighted by Crippen LogP contribution is 2.33. The third-order valence-electron chi connectivity index (χ3n) is 6.96. The number of fused-ring (bicyclic) bond motifs is 1. The number of anilines is 1. The van der Waals surface area contributed by atoms with Gasteiger partial charge in [-0.15, -0.1) is 12.4 Å². The van der Waals surface area contributed by atoms with Gasteiger partial charge in [-0.1, -0.05) is 91.0 Å². The van der Waals surface area contributed by atoms with E-state index in [9.17, 15) is 4.79 Å². The highest BCUT2D eigenvalue weighted by molar-refractivity contribution is 5.89. The summed E-state index contributed by atoms with van der Waals surface area (Å²) in [4.78, 5) is 15.0. The number of rotatable bonds is 6. The highest BCUT2D eigenvalue weighted by Gasteiger charge is 2.36. The van der Waals surface area contributed by atoms with Gasteiger partial charge in [-0.05, 0) is 46.9 Å². The zero-order chi connectivity index (χ0) is 23.3. The highest BCUT2D eigenvalue weighted by atomic mass is 35.5. The van der Waals surface area contributed by atoms with E-state index in [-0.39, 0.29) is 24.5 Å². The van der Waals surface area contributed by atoms with Crippen LogP contribution in [0.4, 0.5) is 10.5 Å². The number of hydrogen-bond acceptors (Lipinski definition) is 2. The molecule has 5 rings (SSSR count). The first-order valence-corrected chi connectivity index (χ1v) is 12.1. The van der Waals surface area contributed by atoms with Crippen LogP contribution < -0.4 is 10.6 Å². The van der Waals surface area contributed by atoms with Gasteiger partial charge in [0.25, 0.3) is 0 Å². The van der Waals surface area contributed by atoms with E-state index in [2.05, 4.69) is 84.3 Å². The van der Waals surface area contributed by atoms with E-state index < -0.39 is 0 Å². The van der Waals surface area contributed by atoms with Crippen LogP contribution in [0.1, 0.15) is 30.0 Å². The average molecular weight is 486 g/mol. The van der Waals surface area contributed by atoms with E-state index in [0.717, 1.165) is 25.3 Å². The van der Waals surface area contributed by atoms with Gasteiger partial charge in [-0.25, -0.2) is 4.79 Å². The third kappa shape index (κ3) is 5.67. The van der Waals surface area contributed by atoms with Crippen molar-refractivity contribution in [1.29, 1.82) is 0 Å². The second-order valence-corrected chi connectivity index (χ2v) is 9.18. The molecule has 0 aliphatic carbocycles. The van der Waals surface area contributed by atoms with Gasteiger partial charge >= 0.3 is 6.03 Å². The van der Waals surface area contributed by atoms with Crippen LogP contribution in [0.5, 0.6) is 0 Å². The molecule has 1 saturated heterocycles. The Kier molecular flexibility index (Phi) is 8.06. The third-order valence-corrected chi connectivity index (χ3v) is 6.96. The number of benzene rings is 4. The van der Waals surface area contributed by atoms with Crippen molar-refractivity contribution in [1.82, 2.24) is 10.2 Å². The molecule has 2 N–H and O–H groups in total. The monoisotopic (exact) mass is 485 g/mol. The van der Waals surface area contributed by atoms with Crippen LogP contribution in [-0.2, 0) is 0 Å². The molecule has 0 radical (unpaired) electrons. The Morgan fingerprint density at radius 3 is 2.29 bits per heavy atom. The zero-order valence-electron chi connectivity index (χ0n) is 19.9. The minimum atomic E-state index is -0.0308. The summed E-state index contributed by atoms with van der Waals surface area (Å²) < 4.78 is 0. The molecule has 0 aromatic heterocycles. The summed E-state index contributed by atoms with van der Waals surface area (Å²) in [7, 11) is 0. The van der Waals surface area contributed by atoms with Gasteiger partial charge in [0.05, 0.1) is 0 Å². The van der Waals surface area contributed by atoms with Gasteiger partial charge in [0.1, 0.15) is 0 Å². The number of carbonyl (C=O) groups is 1. The molecule has 2 amide bonds. The number of likely N-dealkylation sites (tertiary alicyclic amines) is 1. The molecule has 5 heteroatoms. The average Bonchev–Trinajstić information content (AvgIpc) is 3.32. The van der Waals surface area contributed by atoms with E-state index in [1.807, 2.05) is 41.3 Å². The van der Waals surface area contributed by atoms with Crippen molar-refractivity contribution in [3.8, 4) is 0 Å². The Bertz CT molecular complexity index is 1240. The zero-order valence-corrected chi connectivity index (χ0v) is 20.7. The summed E-state index contributed by atoms with van der Waals surface area (Å²) in [5.74, 6) is 0.635. The predicted octanol–water partition coefficient (Wildman–Crippen LogP) is 6.86. The number of carbonyl (C=O) groups excluding carboxylic acids is 1. The molecule has 1 aliphatic heterocycles. The predicted molar refractivity (Wildman–Crippen MR) is 147 cm³/mol. The number of nitrogens with one attached hydrogen (secondary N) is 2. The lowest BCUT2D eigenvalue weighted by molar-refractivity contribution is 0.220. The van der Waals surface area contributed by atoms with Crippen LogP contribution in [0.25, 0.3) is 10.8 Å². The van der Waals surface area contributed by atoms with Gasteiger partial charge in [-0.2, -0.15) is 0 Å². The largest absolute Gasteiger partial charge is 0.324 e. The summed E-state index contributed by atoms with van der Waals surface area (Å²) in [5.41, 5.74) is 3.43. The normalized spacial score (nSPS) is 18.1. The molecular formula is C30H32ClN3O. The summed E-state index contributed by atoms with van der Waals surface area (Å²) in [6.45, 7) is 4.53. The Balaban J connectivity index is 0.00000289. The van der Waals surface area contributed by atoms with Crippen molar-refractivity contribution in [2.24, 2.45) is 5.92 Å². The Hall–Kier alpha value is -3.34. The minimum absolute atomic E-state index is 0. The van der Waals surface area contributed by atoms with Gasteiger partial charge in [0.15, 0.2) is 0 Å². The second-order valence-electron chi connectivity index (χ2n) is 9.18. The summed E-state index contributed by atoms with van der Waals surface area (Å²) >= 11 is 0. The quantitative estimate of drug-likeness (QED) is 0.313. The Labute approximate surface area is 213 Å². The lowest BCUT2D eigenvalue weighted by atomic mass is 9.88. The Morgan fingerprint density at radius 1 is 0.857 bits per heavy atom. The van der Waals surface area contributed by atoms with E-state index in [0.29, 0.717) is 11.8 Å². The second kappa shape index (κ2) is 11.4. The summed E-state index contributed by atoms with van der Waals surface area (Å²) in [6, 6.07) is 35.5. The molecule has 180 valence electrons. The van der Waals surface area contributed by atoms with E-state index in [1.165, 1.54) is 21.9 Å². The molecule has 0 saturated carbocycles. The van der Waals surface area contributed by atoms with Crippen molar-refractivity contribution in [2.45, 2.75) is 18.9 Å². The topological polar surface area (TPSA) is 44.4 Å². The number of nitrogens with zero attached hydrogens (tertiary/aromatic N) is 1. The van der Waals surface area contributed by atoms with Crippen molar-refractivity contribution in [3.63, 3.8) is 0 Å². The molecule has 2 unspecified atom stereocenters. The minimum Gasteiger partial charge on any atom is -0.324 e. The molecule has 1 aliphatic rings. The molecule has 4 aromatic carbocycles. The standard InChI is InChI=1S/C30H31N3O.ClH/c1-22(27-18-10-14-23-13-8-9-17-28(23)27)31-19-25-20-33(21-29(25)24-11-4-2-5-12-24)30(34)32-26-15-6-3-7-16-26;/h2-18,22,25,29,31H,19-21H2,1H3,(H,32,34);1H/t22-,25?,29?;/m1./s1. The van der Waals surface area contributed by atoms with Crippen molar-refractivity contribution >= 4 is 34.9 Å². The molecule has 0 spiro atoms. The Morgan fingerprint density at radius 2 is 1.51 bits per heavy atom. The number of amides is 2. The smallest absolute Gasteiger partial charge is 0.321 e. The SMILES string of the molecule is C[C@@H](NCC1CN(C(=O)Nc2ccccc2)CC1c1ccccc1)c1cccc2ccccc12.Cl. The molecule has 3 atom stereocenters. The van der Waals surface area contributed by atoms with E-state index in [1.54, 1.807) is 0 Å². The molecule has 4 aromatic rings. The van der Waals surface area contributed by atoms with Crippen molar-refractivity contribution in [2.75, 3.05) is 25.0 Å². The molecule has 1 fully saturated rings. The first kappa shape index (κ1) is 24.8. The molecule has 4 nitrogen and oxygen atoms in total. The molecule has 35 heavy (non-hydrogen) atoms. The lowest BCUT2D eigenvalue weighted by Crippen LogP contribution is -2.34. The van der Waals surface area contributed by atoms with Crippen LogP contribution in [0.2, 0.25) is 0 Å². The first-order chi connectivity index (χ1) is 16.7. The van der Waals surface area contributed by atoms with Gasteiger partial charge in [0, 0.05) is 37.3 Å². The maximum absolute atomic E-state index is 13.0. The summed E-state index contributed by atoms with van der Waals surface area (Å²) in [6.07, 6.45) is 0. The fraction of sp³-hybridized carbons (Fsp3) is 0.233. The number of halogens is 1. The van der Waals surface area contributed by atoms with Crippen LogP contribution in [-0.4, -0.2) is 30.6 Å². The van der Waals surface area contributed by atoms with Crippen LogP contribution >= 0.6 is 12.4 Å². The van der Waals surface area contributed by atoms with Gasteiger partial charge in [0.2, 0.25) is 0 Å². The maximum Gasteiger partial charge on any atom is 0.321 e.